The van der Waals surface area contributed by atoms with Crippen molar-refractivity contribution in [1.82, 2.24) is 0 Å². The second kappa shape index (κ2) is 11.5. The molecule has 0 saturated heterocycles. The van der Waals surface area contributed by atoms with Gasteiger partial charge in [-0.25, -0.2) is 0 Å². The molecule has 25 heavy (non-hydrogen) atoms. The minimum atomic E-state index is 0.470. The highest BCUT2D eigenvalue weighted by atomic mass is 35.5. The first kappa shape index (κ1) is 20.2. The van der Waals surface area contributed by atoms with Crippen LogP contribution in [0.3, 0.4) is 0 Å². The summed E-state index contributed by atoms with van der Waals surface area (Å²) in [7, 11) is 0.470. The molecule has 0 fully saturated rings. The summed E-state index contributed by atoms with van der Waals surface area (Å²) in [5.74, 6) is 3.19. The molecule has 0 aromatic heterocycles. The van der Waals surface area contributed by atoms with Gasteiger partial charge in [0.25, 0.3) is 0 Å². The largest absolute Gasteiger partial charge is 0.489 e. The predicted octanol–water partition coefficient (Wildman–Crippen LogP) is 5.45. The van der Waals surface area contributed by atoms with E-state index in [4.69, 9.17) is 21.1 Å². The van der Waals surface area contributed by atoms with Gasteiger partial charge in [0.2, 0.25) is 0 Å². The van der Waals surface area contributed by atoms with E-state index in [9.17, 15) is 0 Å². The minimum Gasteiger partial charge on any atom is -0.489 e. The van der Waals surface area contributed by atoms with E-state index in [-0.39, 0.29) is 0 Å². The molecule has 1 atom stereocenters. The molecule has 2 nitrogen and oxygen atoms in total. The molecule has 0 N–H and O–H groups in total. The number of hydrogen-bond acceptors (Lipinski definition) is 2. The molecule has 136 valence electrons. The van der Waals surface area contributed by atoms with Gasteiger partial charge in [0.15, 0.2) is 0 Å². The first-order valence-corrected chi connectivity index (χ1v) is 11.2. The van der Waals surface area contributed by atoms with E-state index < -0.39 is 0 Å². The summed E-state index contributed by atoms with van der Waals surface area (Å²) in [5, 5.41) is 0.635. The minimum absolute atomic E-state index is 0.470. The third-order valence-electron chi connectivity index (χ3n) is 3.95. The van der Waals surface area contributed by atoms with Gasteiger partial charge in [0.1, 0.15) is 23.9 Å². The van der Waals surface area contributed by atoms with E-state index in [0.29, 0.717) is 29.1 Å². The summed E-state index contributed by atoms with van der Waals surface area (Å²) < 4.78 is 11.7. The number of benzene rings is 2. The standard InChI is InChI=1S/C21H28ClO2S/c1-3-4-16-25(2)17-15-23-13-14-24-21-19(11-8-12-20(21)22)18-9-6-5-7-10-18/h5-12H,3-4,13-17H2,1-2H3/q+1. The molecular formula is C21H28ClO2S+. The number of para-hydroxylation sites is 1. The van der Waals surface area contributed by atoms with Crippen molar-refractivity contribution in [3.63, 3.8) is 0 Å². The molecule has 0 saturated carbocycles. The van der Waals surface area contributed by atoms with Crippen molar-refractivity contribution in [2.45, 2.75) is 19.8 Å². The lowest BCUT2D eigenvalue weighted by Gasteiger charge is -2.13. The van der Waals surface area contributed by atoms with Gasteiger partial charge in [-0.3, -0.25) is 0 Å². The zero-order chi connectivity index (χ0) is 17.9. The third kappa shape index (κ3) is 6.93. The Kier molecular flexibility index (Phi) is 9.23. The Morgan fingerprint density at radius 1 is 0.920 bits per heavy atom. The molecule has 0 spiro atoms. The Balaban J connectivity index is 1.80. The average molecular weight is 380 g/mol. The van der Waals surface area contributed by atoms with Crippen LogP contribution in [0.2, 0.25) is 5.02 Å². The van der Waals surface area contributed by atoms with E-state index in [1.807, 2.05) is 36.4 Å². The van der Waals surface area contributed by atoms with Gasteiger partial charge in [-0.05, 0) is 28.9 Å². The normalized spacial score (nSPS) is 12.1. The maximum absolute atomic E-state index is 6.34. The fraction of sp³-hybridized carbons (Fsp3) is 0.429. The molecule has 0 heterocycles. The lowest BCUT2D eigenvalue weighted by atomic mass is 10.0. The SMILES string of the molecule is CCCC[S+](C)CCOCCOc1c(Cl)cccc1-c1ccccc1. The fourth-order valence-corrected chi connectivity index (χ4v) is 4.12. The van der Waals surface area contributed by atoms with Gasteiger partial charge >= 0.3 is 0 Å². The van der Waals surface area contributed by atoms with Gasteiger partial charge in [0.05, 0.1) is 24.5 Å². The molecule has 0 amide bonds. The Morgan fingerprint density at radius 3 is 2.48 bits per heavy atom. The predicted molar refractivity (Wildman–Crippen MR) is 111 cm³/mol. The van der Waals surface area contributed by atoms with Crippen molar-refractivity contribution in [1.29, 1.82) is 0 Å². The van der Waals surface area contributed by atoms with Crippen LogP contribution in [0.4, 0.5) is 0 Å². The lowest BCUT2D eigenvalue weighted by Crippen LogP contribution is -2.17. The van der Waals surface area contributed by atoms with Crippen LogP contribution in [0.15, 0.2) is 48.5 Å². The van der Waals surface area contributed by atoms with Crippen LogP contribution in [-0.4, -0.2) is 37.6 Å². The van der Waals surface area contributed by atoms with Crippen LogP contribution in [0.1, 0.15) is 19.8 Å². The number of unbranched alkanes of at least 4 members (excludes halogenated alkanes) is 1. The molecular weight excluding hydrogens is 352 g/mol. The van der Waals surface area contributed by atoms with Crippen molar-refractivity contribution >= 4 is 22.5 Å². The summed E-state index contributed by atoms with van der Waals surface area (Å²) in [6.45, 7) is 4.14. The highest BCUT2D eigenvalue weighted by molar-refractivity contribution is 7.96. The first-order valence-electron chi connectivity index (χ1n) is 8.86. The fourth-order valence-electron chi connectivity index (χ4n) is 2.50. The van der Waals surface area contributed by atoms with Crippen LogP contribution < -0.4 is 4.74 Å². The molecule has 2 rings (SSSR count). The molecule has 0 aliphatic rings. The van der Waals surface area contributed by atoms with E-state index in [2.05, 4.69) is 25.3 Å². The zero-order valence-corrected chi connectivity index (χ0v) is 16.7. The average Bonchev–Trinajstić information content (AvgIpc) is 2.64. The molecule has 1 unspecified atom stereocenters. The number of hydrogen-bond donors (Lipinski definition) is 0. The van der Waals surface area contributed by atoms with Crippen molar-refractivity contribution in [3.05, 3.63) is 53.6 Å². The monoisotopic (exact) mass is 379 g/mol. The van der Waals surface area contributed by atoms with Crippen LogP contribution in [0, 0.1) is 0 Å². The van der Waals surface area contributed by atoms with Gasteiger partial charge in [-0.2, -0.15) is 0 Å². The molecule has 0 aliphatic carbocycles. The van der Waals surface area contributed by atoms with Gasteiger partial charge in [-0.1, -0.05) is 67.4 Å². The van der Waals surface area contributed by atoms with Crippen LogP contribution in [0.25, 0.3) is 11.1 Å². The number of ether oxygens (including phenoxy) is 2. The van der Waals surface area contributed by atoms with Crippen LogP contribution in [-0.2, 0) is 15.6 Å². The summed E-state index contributed by atoms with van der Waals surface area (Å²) in [4.78, 5) is 0. The Morgan fingerprint density at radius 2 is 1.72 bits per heavy atom. The molecule has 0 aliphatic heterocycles. The van der Waals surface area contributed by atoms with E-state index >= 15 is 0 Å². The maximum atomic E-state index is 6.34. The van der Waals surface area contributed by atoms with E-state index in [1.165, 1.54) is 18.6 Å². The van der Waals surface area contributed by atoms with Gasteiger partial charge < -0.3 is 9.47 Å². The van der Waals surface area contributed by atoms with Gasteiger partial charge in [0, 0.05) is 5.56 Å². The molecule has 2 aromatic carbocycles. The van der Waals surface area contributed by atoms with Crippen molar-refractivity contribution in [2.75, 3.05) is 37.6 Å². The second-order valence-corrected chi connectivity index (χ2v) is 8.77. The van der Waals surface area contributed by atoms with Crippen molar-refractivity contribution < 1.29 is 9.47 Å². The Bertz CT molecular complexity index is 619. The molecule has 0 radical (unpaired) electrons. The lowest BCUT2D eigenvalue weighted by molar-refractivity contribution is 0.112. The van der Waals surface area contributed by atoms with Crippen molar-refractivity contribution in [2.24, 2.45) is 0 Å². The molecule has 2 aromatic rings. The second-order valence-electron chi connectivity index (χ2n) is 5.99. The van der Waals surface area contributed by atoms with Crippen LogP contribution in [0.5, 0.6) is 5.75 Å². The maximum Gasteiger partial charge on any atom is 0.145 e. The molecule has 0 bridgehead atoms. The first-order chi connectivity index (χ1) is 12.2. The summed E-state index contributed by atoms with van der Waals surface area (Å²) in [6.07, 6.45) is 4.91. The van der Waals surface area contributed by atoms with Crippen molar-refractivity contribution in [3.8, 4) is 16.9 Å². The number of halogens is 1. The highest BCUT2D eigenvalue weighted by Crippen LogP contribution is 2.36. The number of rotatable bonds is 11. The zero-order valence-electron chi connectivity index (χ0n) is 15.2. The summed E-state index contributed by atoms with van der Waals surface area (Å²) in [6, 6.07) is 16.0. The highest BCUT2D eigenvalue weighted by Gasteiger charge is 2.11. The quantitative estimate of drug-likeness (QED) is 0.381. The smallest absolute Gasteiger partial charge is 0.145 e. The van der Waals surface area contributed by atoms with Gasteiger partial charge in [-0.15, -0.1) is 0 Å². The third-order valence-corrected chi connectivity index (χ3v) is 6.10. The molecule has 4 heteroatoms. The summed E-state index contributed by atoms with van der Waals surface area (Å²) >= 11 is 6.34. The Labute approximate surface area is 159 Å². The van der Waals surface area contributed by atoms with E-state index in [1.54, 1.807) is 0 Å². The summed E-state index contributed by atoms with van der Waals surface area (Å²) in [5.41, 5.74) is 2.12. The van der Waals surface area contributed by atoms with E-state index in [0.717, 1.165) is 29.2 Å². The van der Waals surface area contributed by atoms with Crippen LogP contribution >= 0.6 is 11.6 Å². The Hall–Kier alpha value is -1.16. The topological polar surface area (TPSA) is 18.5 Å².